The number of nitrogens with zero attached hydrogens (tertiary/aromatic N) is 2. The summed E-state index contributed by atoms with van der Waals surface area (Å²) in [5.74, 6) is 1.59. The van der Waals surface area contributed by atoms with Gasteiger partial charge in [0.25, 0.3) is 0 Å². The number of rotatable bonds is 7. The number of benzene rings is 2. The first-order valence-corrected chi connectivity index (χ1v) is 9.66. The summed E-state index contributed by atoms with van der Waals surface area (Å²) in [5.41, 5.74) is 3.75. The maximum Gasteiger partial charge on any atom is 0.161 e. The normalized spacial score (nSPS) is 16.0. The Balaban J connectivity index is 2.00. The van der Waals surface area contributed by atoms with Crippen LogP contribution < -0.4 is 19.7 Å². The van der Waals surface area contributed by atoms with Crippen molar-refractivity contribution in [2.75, 3.05) is 58.9 Å². The molecule has 0 aromatic heterocycles. The molecule has 1 aliphatic heterocycles. The standard InChI is InChI=1S/C22H31N3O2/c1-5-27-21-16-18(8-11-20(21)26-4)22(25-14-12-23-13-15-25)17-6-9-19(10-7-17)24(2)3/h6-11,16,22-23H,5,12-15H2,1-4H3. The molecule has 1 atom stereocenters. The van der Waals surface area contributed by atoms with Gasteiger partial charge in [0, 0.05) is 46.0 Å². The second kappa shape index (κ2) is 9.11. The van der Waals surface area contributed by atoms with Gasteiger partial charge in [0.15, 0.2) is 11.5 Å². The van der Waals surface area contributed by atoms with Crippen LogP contribution in [0.25, 0.3) is 0 Å². The van der Waals surface area contributed by atoms with Crippen molar-refractivity contribution in [3.8, 4) is 11.5 Å². The monoisotopic (exact) mass is 369 g/mol. The fourth-order valence-corrected chi connectivity index (χ4v) is 3.64. The van der Waals surface area contributed by atoms with Crippen molar-refractivity contribution in [3.05, 3.63) is 53.6 Å². The lowest BCUT2D eigenvalue weighted by Crippen LogP contribution is -2.45. The zero-order chi connectivity index (χ0) is 19.2. The van der Waals surface area contributed by atoms with Gasteiger partial charge >= 0.3 is 0 Å². The van der Waals surface area contributed by atoms with Crippen molar-refractivity contribution >= 4 is 5.69 Å². The molecule has 0 radical (unpaired) electrons. The average molecular weight is 370 g/mol. The van der Waals surface area contributed by atoms with Gasteiger partial charge in [-0.15, -0.1) is 0 Å². The molecule has 1 heterocycles. The Hall–Kier alpha value is -2.24. The molecule has 1 aliphatic rings. The van der Waals surface area contributed by atoms with E-state index in [1.54, 1.807) is 7.11 Å². The van der Waals surface area contributed by atoms with E-state index < -0.39 is 0 Å². The smallest absolute Gasteiger partial charge is 0.161 e. The van der Waals surface area contributed by atoms with Crippen molar-refractivity contribution in [1.82, 2.24) is 10.2 Å². The van der Waals surface area contributed by atoms with Gasteiger partial charge in [0.1, 0.15) is 0 Å². The molecule has 2 aromatic rings. The second-order valence-corrected chi connectivity index (χ2v) is 7.02. The lowest BCUT2D eigenvalue weighted by Gasteiger charge is -2.36. The first kappa shape index (κ1) is 19.5. The molecule has 1 saturated heterocycles. The van der Waals surface area contributed by atoms with Gasteiger partial charge in [-0.1, -0.05) is 18.2 Å². The minimum Gasteiger partial charge on any atom is -0.493 e. The number of ether oxygens (including phenoxy) is 2. The summed E-state index contributed by atoms with van der Waals surface area (Å²) >= 11 is 0. The minimum atomic E-state index is 0.202. The molecule has 3 rings (SSSR count). The zero-order valence-electron chi connectivity index (χ0n) is 16.9. The summed E-state index contributed by atoms with van der Waals surface area (Å²) in [4.78, 5) is 4.67. The Labute approximate surface area is 162 Å². The minimum absolute atomic E-state index is 0.202. The van der Waals surface area contributed by atoms with E-state index in [2.05, 4.69) is 65.6 Å². The van der Waals surface area contributed by atoms with E-state index in [9.17, 15) is 0 Å². The molecular weight excluding hydrogens is 338 g/mol. The van der Waals surface area contributed by atoms with Crippen molar-refractivity contribution in [1.29, 1.82) is 0 Å². The Morgan fingerprint density at radius 2 is 1.67 bits per heavy atom. The van der Waals surface area contributed by atoms with Crippen LogP contribution in [0.4, 0.5) is 5.69 Å². The molecule has 0 spiro atoms. The highest BCUT2D eigenvalue weighted by Crippen LogP contribution is 2.36. The highest BCUT2D eigenvalue weighted by Gasteiger charge is 2.25. The first-order chi connectivity index (χ1) is 13.1. The number of hydrogen-bond donors (Lipinski definition) is 1. The van der Waals surface area contributed by atoms with E-state index in [1.165, 1.54) is 16.8 Å². The molecule has 146 valence electrons. The van der Waals surface area contributed by atoms with Crippen LogP contribution in [0.5, 0.6) is 11.5 Å². The number of nitrogens with one attached hydrogen (secondary N) is 1. The van der Waals surface area contributed by atoms with Gasteiger partial charge in [-0.05, 0) is 42.3 Å². The van der Waals surface area contributed by atoms with Gasteiger partial charge in [0.2, 0.25) is 0 Å². The molecular formula is C22H31N3O2. The fourth-order valence-electron chi connectivity index (χ4n) is 3.64. The highest BCUT2D eigenvalue weighted by molar-refractivity contribution is 5.50. The molecule has 2 aromatic carbocycles. The largest absolute Gasteiger partial charge is 0.493 e. The first-order valence-electron chi connectivity index (χ1n) is 9.66. The van der Waals surface area contributed by atoms with Crippen LogP contribution >= 0.6 is 0 Å². The summed E-state index contributed by atoms with van der Waals surface area (Å²) in [6.07, 6.45) is 0. The van der Waals surface area contributed by atoms with Crippen LogP contribution in [-0.2, 0) is 0 Å². The van der Waals surface area contributed by atoms with Crippen molar-refractivity contribution in [3.63, 3.8) is 0 Å². The third-order valence-electron chi connectivity index (χ3n) is 5.05. The summed E-state index contributed by atoms with van der Waals surface area (Å²) in [6.45, 7) is 6.70. The Morgan fingerprint density at radius 1 is 1.00 bits per heavy atom. The van der Waals surface area contributed by atoms with Crippen LogP contribution in [0.3, 0.4) is 0 Å². The maximum atomic E-state index is 5.83. The fraction of sp³-hybridized carbons (Fsp3) is 0.455. The van der Waals surface area contributed by atoms with E-state index in [1.807, 2.05) is 13.0 Å². The molecule has 0 amide bonds. The topological polar surface area (TPSA) is 37.0 Å². The third kappa shape index (κ3) is 4.54. The Morgan fingerprint density at radius 3 is 2.26 bits per heavy atom. The van der Waals surface area contributed by atoms with Gasteiger partial charge in [-0.3, -0.25) is 4.90 Å². The zero-order valence-corrected chi connectivity index (χ0v) is 16.9. The van der Waals surface area contributed by atoms with Crippen molar-refractivity contribution in [2.45, 2.75) is 13.0 Å². The third-order valence-corrected chi connectivity index (χ3v) is 5.05. The summed E-state index contributed by atoms with van der Waals surface area (Å²) in [5, 5.41) is 3.45. The SMILES string of the molecule is CCOc1cc(C(c2ccc(N(C)C)cc2)N2CCNCC2)ccc1OC. The number of hydrogen-bond acceptors (Lipinski definition) is 5. The lowest BCUT2D eigenvalue weighted by atomic mass is 9.95. The molecule has 0 bridgehead atoms. The molecule has 27 heavy (non-hydrogen) atoms. The lowest BCUT2D eigenvalue weighted by molar-refractivity contribution is 0.198. The van der Waals surface area contributed by atoms with Crippen LogP contribution in [0.2, 0.25) is 0 Å². The molecule has 1 unspecified atom stereocenters. The Bertz CT molecular complexity index is 725. The van der Waals surface area contributed by atoms with E-state index >= 15 is 0 Å². The molecule has 0 aliphatic carbocycles. The van der Waals surface area contributed by atoms with Crippen molar-refractivity contribution in [2.24, 2.45) is 0 Å². The van der Waals surface area contributed by atoms with E-state index in [0.717, 1.165) is 37.7 Å². The van der Waals surface area contributed by atoms with Crippen LogP contribution in [0.1, 0.15) is 24.1 Å². The Kier molecular flexibility index (Phi) is 6.58. The predicted molar refractivity (Wildman–Crippen MR) is 111 cm³/mol. The van der Waals surface area contributed by atoms with Gasteiger partial charge in [0.05, 0.1) is 19.8 Å². The molecule has 0 saturated carbocycles. The van der Waals surface area contributed by atoms with Gasteiger partial charge in [-0.2, -0.15) is 0 Å². The maximum absolute atomic E-state index is 5.83. The number of piperazine rings is 1. The molecule has 5 heteroatoms. The quantitative estimate of drug-likeness (QED) is 0.811. The highest BCUT2D eigenvalue weighted by atomic mass is 16.5. The summed E-state index contributed by atoms with van der Waals surface area (Å²) < 4.78 is 11.3. The van der Waals surface area contributed by atoms with Crippen LogP contribution in [-0.4, -0.2) is 58.9 Å². The van der Waals surface area contributed by atoms with Crippen LogP contribution in [0.15, 0.2) is 42.5 Å². The van der Waals surface area contributed by atoms with Gasteiger partial charge < -0.3 is 19.7 Å². The summed E-state index contributed by atoms with van der Waals surface area (Å²) in [6, 6.07) is 15.4. The van der Waals surface area contributed by atoms with Crippen LogP contribution in [0, 0.1) is 0 Å². The number of methoxy groups -OCH3 is 1. The molecule has 5 nitrogen and oxygen atoms in total. The number of anilines is 1. The summed E-state index contributed by atoms with van der Waals surface area (Å²) in [7, 11) is 5.83. The average Bonchev–Trinajstić information content (AvgIpc) is 2.70. The van der Waals surface area contributed by atoms with Gasteiger partial charge in [-0.25, -0.2) is 0 Å². The van der Waals surface area contributed by atoms with E-state index in [4.69, 9.17) is 9.47 Å². The van der Waals surface area contributed by atoms with E-state index in [-0.39, 0.29) is 6.04 Å². The molecule has 1 fully saturated rings. The van der Waals surface area contributed by atoms with E-state index in [0.29, 0.717) is 6.61 Å². The van der Waals surface area contributed by atoms with Crippen molar-refractivity contribution < 1.29 is 9.47 Å². The second-order valence-electron chi connectivity index (χ2n) is 7.02. The molecule has 1 N–H and O–H groups in total. The predicted octanol–water partition coefficient (Wildman–Crippen LogP) is 3.15.